The fraction of sp³-hybridized carbons (Fsp3) is 0.500. The molecule has 16 heavy (non-hydrogen) atoms. The van der Waals surface area contributed by atoms with Gasteiger partial charge in [-0.1, -0.05) is 13.8 Å². The zero-order valence-electron chi connectivity index (χ0n) is 9.36. The lowest BCUT2D eigenvalue weighted by Crippen LogP contribution is -2.23. The monoisotopic (exact) mass is 284 g/mol. The van der Waals surface area contributed by atoms with Crippen molar-refractivity contribution in [3.05, 3.63) is 21.3 Å². The lowest BCUT2D eigenvalue weighted by molar-refractivity contribution is 0.406. The first-order valence-corrected chi connectivity index (χ1v) is 5.92. The molecule has 1 atom stereocenters. The zero-order chi connectivity index (χ0) is 11.9. The molecule has 0 radical (unpaired) electrons. The van der Waals surface area contributed by atoms with Gasteiger partial charge in [0.05, 0.1) is 6.20 Å². The summed E-state index contributed by atoms with van der Waals surface area (Å²) in [4.78, 5) is 22.9. The molecule has 0 aliphatic heterocycles. The summed E-state index contributed by atoms with van der Waals surface area (Å²) in [6.45, 7) is 6.14. The van der Waals surface area contributed by atoms with Crippen LogP contribution in [0, 0.1) is 5.92 Å². The van der Waals surface area contributed by atoms with Gasteiger partial charge in [0, 0.05) is 6.04 Å². The van der Waals surface area contributed by atoms with Crippen molar-refractivity contribution >= 4 is 27.2 Å². The van der Waals surface area contributed by atoms with Gasteiger partial charge in [0.2, 0.25) is 0 Å². The van der Waals surface area contributed by atoms with Crippen molar-refractivity contribution in [3.8, 4) is 0 Å². The number of halogens is 1. The Bertz CT molecular complexity index is 572. The fourth-order valence-corrected chi connectivity index (χ4v) is 1.82. The topological polar surface area (TPSA) is 63.6 Å². The number of hydrogen-bond acceptors (Lipinski definition) is 3. The van der Waals surface area contributed by atoms with Crippen molar-refractivity contribution in [2.75, 3.05) is 0 Å². The van der Waals surface area contributed by atoms with Gasteiger partial charge < -0.3 is 0 Å². The van der Waals surface area contributed by atoms with Crippen LogP contribution in [0.4, 0.5) is 0 Å². The van der Waals surface area contributed by atoms with E-state index in [1.807, 2.05) is 6.92 Å². The second-order valence-electron chi connectivity index (χ2n) is 4.15. The van der Waals surface area contributed by atoms with Gasteiger partial charge in [-0.2, -0.15) is 0 Å². The minimum absolute atomic E-state index is 0.0878. The van der Waals surface area contributed by atoms with E-state index < -0.39 is 0 Å². The third-order valence-electron chi connectivity index (χ3n) is 2.77. The molecule has 0 aliphatic rings. The summed E-state index contributed by atoms with van der Waals surface area (Å²) in [5.74, 6) is 0.359. The number of hydrogen-bond donors (Lipinski definition) is 1. The van der Waals surface area contributed by atoms with E-state index in [4.69, 9.17) is 0 Å². The van der Waals surface area contributed by atoms with Crippen LogP contribution >= 0.6 is 15.9 Å². The average molecular weight is 285 g/mol. The lowest BCUT2D eigenvalue weighted by atomic mass is 10.1. The molecule has 86 valence electrons. The smallest absolute Gasteiger partial charge is 0.289 e. The molecule has 0 saturated carbocycles. The van der Waals surface area contributed by atoms with Crippen molar-refractivity contribution in [3.63, 3.8) is 0 Å². The van der Waals surface area contributed by atoms with Crippen LogP contribution in [0.3, 0.4) is 0 Å². The Kier molecular flexibility index (Phi) is 2.84. The molecule has 2 rings (SSSR count). The Balaban J connectivity index is 2.72. The van der Waals surface area contributed by atoms with E-state index in [9.17, 15) is 4.79 Å². The summed E-state index contributed by atoms with van der Waals surface area (Å²) < 4.78 is 2.28. The molecule has 0 aliphatic carbocycles. The molecule has 0 spiro atoms. The highest BCUT2D eigenvalue weighted by molar-refractivity contribution is 9.10. The Morgan fingerprint density at radius 1 is 1.44 bits per heavy atom. The van der Waals surface area contributed by atoms with Gasteiger partial charge >= 0.3 is 5.69 Å². The highest BCUT2D eigenvalue weighted by Crippen LogP contribution is 2.19. The Morgan fingerprint density at radius 3 is 2.75 bits per heavy atom. The highest BCUT2D eigenvalue weighted by atomic mass is 79.9. The van der Waals surface area contributed by atoms with E-state index in [0.29, 0.717) is 21.8 Å². The van der Waals surface area contributed by atoms with Crippen LogP contribution in [0.1, 0.15) is 26.8 Å². The summed E-state index contributed by atoms with van der Waals surface area (Å²) in [5, 5.41) is 0. The summed E-state index contributed by atoms with van der Waals surface area (Å²) in [6, 6.07) is 0.0878. The van der Waals surface area contributed by atoms with Crippen LogP contribution in [0.2, 0.25) is 0 Å². The third kappa shape index (κ3) is 1.77. The van der Waals surface area contributed by atoms with Gasteiger partial charge in [0.1, 0.15) is 4.60 Å². The molecule has 2 aromatic rings. The predicted molar refractivity (Wildman–Crippen MR) is 65.4 cm³/mol. The van der Waals surface area contributed by atoms with E-state index in [1.165, 1.54) is 0 Å². The maximum atomic E-state index is 11.8. The van der Waals surface area contributed by atoms with Gasteiger partial charge in [-0.25, -0.2) is 14.8 Å². The largest absolute Gasteiger partial charge is 0.329 e. The van der Waals surface area contributed by atoms with Crippen LogP contribution in [0.25, 0.3) is 11.3 Å². The number of aromatic amines is 1. The molecule has 0 saturated heterocycles. The molecular formula is C10H13BrN4O. The van der Waals surface area contributed by atoms with Gasteiger partial charge in [-0.3, -0.25) is 9.55 Å². The maximum absolute atomic E-state index is 11.8. The van der Waals surface area contributed by atoms with Crippen molar-refractivity contribution in [1.29, 1.82) is 0 Å². The van der Waals surface area contributed by atoms with Crippen molar-refractivity contribution in [2.24, 2.45) is 5.92 Å². The lowest BCUT2D eigenvalue weighted by Gasteiger charge is -2.16. The van der Waals surface area contributed by atoms with Crippen LogP contribution in [-0.2, 0) is 0 Å². The Hall–Kier alpha value is -1.17. The minimum atomic E-state index is -0.158. The standard InChI is InChI=1S/C10H13BrN4O/c1-5(2)6(3)15-9-8(14-10(15)16)12-4-7(11)13-9/h4-6H,1-3H3,(H,12,14,16). The molecule has 1 N–H and O–H groups in total. The summed E-state index contributed by atoms with van der Waals surface area (Å²) in [7, 11) is 0. The number of aromatic nitrogens is 4. The number of fused-ring (bicyclic) bond motifs is 1. The summed E-state index contributed by atoms with van der Waals surface area (Å²) in [6.07, 6.45) is 1.57. The normalized spacial score (nSPS) is 13.6. The van der Waals surface area contributed by atoms with Gasteiger partial charge in [0.15, 0.2) is 11.3 Å². The predicted octanol–water partition coefficient (Wildman–Crippen LogP) is 2.10. The quantitative estimate of drug-likeness (QED) is 0.919. The number of nitrogens with zero attached hydrogens (tertiary/aromatic N) is 3. The number of nitrogens with one attached hydrogen (secondary N) is 1. The number of rotatable bonds is 2. The molecule has 2 heterocycles. The van der Waals surface area contributed by atoms with Crippen LogP contribution < -0.4 is 5.69 Å². The molecule has 0 amide bonds. The zero-order valence-corrected chi connectivity index (χ0v) is 10.9. The first-order valence-electron chi connectivity index (χ1n) is 5.13. The Morgan fingerprint density at radius 2 is 2.12 bits per heavy atom. The number of H-pyrrole nitrogens is 1. The maximum Gasteiger partial charge on any atom is 0.329 e. The molecular weight excluding hydrogens is 272 g/mol. The van der Waals surface area contributed by atoms with E-state index in [2.05, 4.69) is 44.7 Å². The van der Waals surface area contributed by atoms with Crippen molar-refractivity contribution in [2.45, 2.75) is 26.8 Å². The second-order valence-corrected chi connectivity index (χ2v) is 4.96. The molecule has 0 aromatic carbocycles. The SMILES string of the molecule is CC(C)C(C)n1c(=O)[nH]c2ncc(Br)nc21. The molecule has 0 fully saturated rings. The molecule has 5 nitrogen and oxygen atoms in total. The highest BCUT2D eigenvalue weighted by Gasteiger charge is 2.17. The van der Waals surface area contributed by atoms with Crippen LogP contribution in [-0.4, -0.2) is 19.5 Å². The fourth-order valence-electron chi connectivity index (χ4n) is 1.55. The second kappa shape index (κ2) is 4.01. The van der Waals surface area contributed by atoms with Crippen LogP contribution in [0.5, 0.6) is 0 Å². The van der Waals surface area contributed by atoms with Gasteiger partial charge in [0.25, 0.3) is 0 Å². The molecule has 6 heteroatoms. The summed E-state index contributed by atoms with van der Waals surface area (Å²) in [5.41, 5.74) is 0.968. The van der Waals surface area contributed by atoms with E-state index in [0.717, 1.165) is 0 Å². The van der Waals surface area contributed by atoms with Crippen LogP contribution in [0.15, 0.2) is 15.6 Å². The van der Waals surface area contributed by atoms with Gasteiger partial charge in [-0.05, 0) is 28.8 Å². The van der Waals surface area contributed by atoms with Gasteiger partial charge in [-0.15, -0.1) is 0 Å². The molecule has 0 bridgehead atoms. The van der Waals surface area contributed by atoms with Crippen molar-refractivity contribution < 1.29 is 0 Å². The van der Waals surface area contributed by atoms with E-state index >= 15 is 0 Å². The van der Waals surface area contributed by atoms with E-state index in [1.54, 1.807) is 10.8 Å². The third-order valence-corrected chi connectivity index (χ3v) is 3.15. The molecule has 2 aromatic heterocycles. The van der Waals surface area contributed by atoms with E-state index in [-0.39, 0.29) is 11.7 Å². The summed E-state index contributed by atoms with van der Waals surface area (Å²) >= 11 is 3.26. The van der Waals surface area contributed by atoms with Crippen molar-refractivity contribution in [1.82, 2.24) is 19.5 Å². The first-order chi connectivity index (χ1) is 7.50. The first kappa shape index (κ1) is 11.3. The minimum Gasteiger partial charge on any atom is -0.289 e. The number of imidazole rings is 1. The molecule has 1 unspecified atom stereocenters. The average Bonchev–Trinajstić information content (AvgIpc) is 2.52. The Labute approximate surface area is 101 Å².